The van der Waals surface area contributed by atoms with Crippen molar-refractivity contribution in [2.24, 2.45) is 0 Å². The van der Waals surface area contributed by atoms with E-state index in [1.165, 1.54) is 7.11 Å². The van der Waals surface area contributed by atoms with Crippen molar-refractivity contribution in [2.45, 2.75) is 0 Å². The lowest BCUT2D eigenvalue weighted by Gasteiger charge is -1.98. The van der Waals surface area contributed by atoms with E-state index in [1.807, 2.05) is 0 Å². The molecule has 0 atom stereocenters. The highest BCUT2D eigenvalue weighted by Crippen LogP contribution is 2.16. The molecule has 19 heavy (non-hydrogen) atoms. The van der Waals surface area contributed by atoms with Gasteiger partial charge < -0.3 is 9.72 Å². The van der Waals surface area contributed by atoms with Gasteiger partial charge in [0.2, 0.25) is 0 Å². The van der Waals surface area contributed by atoms with Crippen molar-refractivity contribution in [1.29, 1.82) is 0 Å². The van der Waals surface area contributed by atoms with Crippen LogP contribution in [0.25, 0.3) is 21.7 Å². The normalized spacial score (nSPS) is 10.8. The molecule has 0 aliphatic heterocycles. The lowest BCUT2D eigenvalue weighted by Crippen LogP contribution is -2.02. The minimum Gasteiger partial charge on any atom is -0.497 e. The van der Waals surface area contributed by atoms with E-state index in [-0.39, 0.29) is 11.0 Å². The summed E-state index contributed by atoms with van der Waals surface area (Å²) in [6, 6.07) is 11.8. The first-order chi connectivity index (χ1) is 9.20. The Morgan fingerprint density at radius 2 is 1.68 bits per heavy atom. The SMILES string of the molecule is COc1ccc2[nH]c(=O)c3ccccc3c(=O)c2c1. The molecule has 0 aliphatic carbocycles. The number of H-pyrrole nitrogens is 1. The predicted octanol–water partition coefficient (Wildman–Crippen LogP) is 2.05. The highest BCUT2D eigenvalue weighted by Gasteiger charge is 2.06. The largest absolute Gasteiger partial charge is 0.497 e. The van der Waals surface area contributed by atoms with Gasteiger partial charge in [0.05, 0.1) is 18.0 Å². The second-order valence-corrected chi connectivity index (χ2v) is 4.24. The van der Waals surface area contributed by atoms with Crippen LogP contribution in [0, 0.1) is 0 Å². The van der Waals surface area contributed by atoms with E-state index in [1.54, 1.807) is 42.5 Å². The molecule has 0 bridgehead atoms. The van der Waals surface area contributed by atoms with E-state index in [0.29, 0.717) is 27.4 Å². The Kier molecular flexibility index (Phi) is 2.56. The molecule has 0 spiro atoms. The zero-order chi connectivity index (χ0) is 13.4. The van der Waals surface area contributed by atoms with E-state index < -0.39 is 0 Å². The first-order valence-corrected chi connectivity index (χ1v) is 5.84. The topological polar surface area (TPSA) is 59.2 Å². The third-order valence-corrected chi connectivity index (χ3v) is 3.14. The average molecular weight is 253 g/mol. The van der Waals surface area contributed by atoms with E-state index in [0.717, 1.165) is 0 Å². The number of hydrogen-bond donors (Lipinski definition) is 1. The van der Waals surface area contributed by atoms with Crippen LogP contribution in [0.4, 0.5) is 0 Å². The number of aromatic amines is 1. The minimum absolute atomic E-state index is 0.178. The van der Waals surface area contributed by atoms with Crippen LogP contribution in [-0.2, 0) is 0 Å². The number of aromatic nitrogens is 1. The van der Waals surface area contributed by atoms with Gasteiger partial charge in [-0.3, -0.25) is 9.59 Å². The van der Waals surface area contributed by atoms with Gasteiger partial charge in [-0.1, -0.05) is 18.2 Å². The molecule has 1 heterocycles. The summed E-state index contributed by atoms with van der Waals surface area (Å²) in [7, 11) is 1.54. The molecule has 3 rings (SSSR count). The predicted molar refractivity (Wildman–Crippen MR) is 74.9 cm³/mol. The van der Waals surface area contributed by atoms with Gasteiger partial charge in [0.1, 0.15) is 5.75 Å². The minimum atomic E-state index is -0.270. The Labute approximate surface area is 108 Å². The fourth-order valence-electron chi connectivity index (χ4n) is 2.16. The average Bonchev–Trinajstić information content (AvgIpc) is 2.56. The van der Waals surface area contributed by atoms with Crippen molar-refractivity contribution < 1.29 is 4.74 Å². The smallest absolute Gasteiger partial charge is 0.256 e. The Balaban J connectivity index is 2.65. The molecule has 3 aromatic rings. The number of ether oxygens (including phenoxy) is 1. The summed E-state index contributed by atoms with van der Waals surface area (Å²) in [4.78, 5) is 27.3. The number of methoxy groups -OCH3 is 1. The van der Waals surface area contributed by atoms with Crippen molar-refractivity contribution >= 4 is 21.7 Å². The summed E-state index contributed by atoms with van der Waals surface area (Å²) >= 11 is 0. The molecule has 2 aromatic carbocycles. The molecule has 0 amide bonds. The highest BCUT2D eigenvalue weighted by atomic mass is 16.5. The second kappa shape index (κ2) is 4.24. The van der Waals surface area contributed by atoms with Crippen LogP contribution in [0.2, 0.25) is 0 Å². The highest BCUT2D eigenvalue weighted by molar-refractivity contribution is 5.90. The molecule has 0 fully saturated rings. The number of fused-ring (bicyclic) bond motifs is 2. The molecule has 4 heteroatoms. The fraction of sp³-hybridized carbons (Fsp3) is 0.0667. The van der Waals surface area contributed by atoms with E-state index in [4.69, 9.17) is 4.74 Å². The Bertz CT molecular complexity index is 897. The van der Waals surface area contributed by atoms with Crippen LogP contribution in [0.3, 0.4) is 0 Å². The van der Waals surface area contributed by atoms with Crippen LogP contribution in [-0.4, -0.2) is 12.1 Å². The van der Waals surface area contributed by atoms with Gasteiger partial charge in [-0.05, 0) is 24.3 Å². The van der Waals surface area contributed by atoms with Gasteiger partial charge >= 0.3 is 0 Å². The second-order valence-electron chi connectivity index (χ2n) is 4.24. The molecule has 0 unspecified atom stereocenters. The molecule has 1 aromatic heterocycles. The lowest BCUT2D eigenvalue weighted by molar-refractivity contribution is 0.415. The maximum absolute atomic E-state index is 12.5. The summed E-state index contributed by atoms with van der Waals surface area (Å²) in [5.41, 5.74) is 0.0581. The Hall–Kier alpha value is -2.62. The van der Waals surface area contributed by atoms with E-state index in [2.05, 4.69) is 4.98 Å². The van der Waals surface area contributed by atoms with Gasteiger partial charge in [-0.15, -0.1) is 0 Å². The van der Waals surface area contributed by atoms with Crippen LogP contribution in [0.1, 0.15) is 0 Å². The first-order valence-electron chi connectivity index (χ1n) is 5.84. The number of rotatable bonds is 1. The molecule has 4 nitrogen and oxygen atoms in total. The zero-order valence-electron chi connectivity index (χ0n) is 10.3. The number of benzene rings is 2. The summed E-state index contributed by atoms with van der Waals surface area (Å²) in [5, 5.41) is 1.24. The molecule has 0 saturated heterocycles. The molecule has 0 aliphatic rings. The number of nitrogens with one attached hydrogen (secondary N) is 1. The zero-order valence-corrected chi connectivity index (χ0v) is 10.3. The van der Waals surface area contributed by atoms with Crippen molar-refractivity contribution in [3.63, 3.8) is 0 Å². The standard InChI is InChI=1S/C15H11NO3/c1-19-9-6-7-13-12(8-9)14(17)10-4-2-3-5-11(10)15(18)16-13/h2-8H,1H3,(H,16,18). The van der Waals surface area contributed by atoms with Crippen molar-refractivity contribution in [2.75, 3.05) is 7.11 Å². The van der Waals surface area contributed by atoms with Gasteiger partial charge in [-0.25, -0.2) is 0 Å². The first kappa shape index (κ1) is 11.5. The van der Waals surface area contributed by atoms with E-state index >= 15 is 0 Å². The van der Waals surface area contributed by atoms with Crippen LogP contribution in [0.5, 0.6) is 5.75 Å². The van der Waals surface area contributed by atoms with Gasteiger partial charge in [0.15, 0.2) is 5.43 Å². The maximum Gasteiger partial charge on any atom is 0.256 e. The number of hydrogen-bond acceptors (Lipinski definition) is 3. The molecule has 94 valence electrons. The van der Waals surface area contributed by atoms with Crippen LogP contribution < -0.4 is 15.7 Å². The van der Waals surface area contributed by atoms with Crippen LogP contribution in [0.15, 0.2) is 52.1 Å². The Morgan fingerprint density at radius 1 is 0.947 bits per heavy atom. The molecule has 0 radical (unpaired) electrons. The summed E-state index contributed by atoms with van der Waals surface area (Å²) in [6.45, 7) is 0. The van der Waals surface area contributed by atoms with Gasteiger partial charge in [-0.2, -0.15) is 0 Å². The molecular formula is C15H11NO3. The third kappa shape index (κ3) is 1.78. The summed E-state index contributed by atoms with van der Waals surface area (Å²) < 4.78 is 5.12. The lowest BCUT2D eigenvalue weighted by atomic mass is 10.1. The van der Waals surface area contributed by atoms with Crippen molar-refractivity contribution in [3.05, 3.63) is 63.0 Å². The molecule has 1 N–H and O–H groups in total. The van der Waals surface area contributed by atoms with Gasteiger partial charge in [0.25, 0.3) is 5.56 Å². The fourth-order valence-corrected chi connectivity index (χ4v) is 2.16. The summed E-state index contributed by atoms with van der Waals surface area (Å²) in [5.74, 6) is 0.584. The monoisotopic (exact) mass is 253 g/mol. The van der Waals surface area contributed by atoms with Crippen LogP contribution >= 0.6 is 0 Å². The molecule has 0 saturated carbocycles. The summed E-state index contributed by atoms with van der Waals surface area (Å²) in [6.07, 6.45) is 0. The maximum atomic E-state index is 12.5. The van der Waals surface area contributed by atoms with Crippen molar-refractivity contribution in [3.8, 4) is 5.75 Å². The van der Waals surface area contributed by atoms with Crippen molar-refractivity contribution in [1.82, 2.24) is 4.98 Å². The van der Waals surface area contributed by atoms with E-state index in [9.17, 15) is 9.59 Å². The quantitative estimate of drug-likeness (QED) is 0.722. The molecular weight excluding hydrogens is 242 g/mol. The third-order valence-electron chi connectivity index (χ3n) is 3.14. The van der Waals surface area contributed by atoms with Gasteiger partial charge in [0, 0.05) is 10.8 Å². The Morgan fingerprint density at radius 3 is 2.42 bits per heavy atom.